The van der Waals surface area contributed by atoms with E-state index < -0.39 is 0 Å². The lowest BCUT2D eigenvalue weighted by molar-refractivity contribution is 0.0955. The summed E-state index contributed by atoms with van der Waals surface area (Å²) in [7, 11) is 0. The highest BCUT2D eigenvalue weighted by Crippen LogP contribution is 2.29. The molecule has 0 bridgehead atoms. The maximum Gasteiger partial charge on any atom is 0.271 e. The molecule has 0 saturated heterocycles. The predicted octanol–water partition coefficient (Wildman–Crippen LogP) is 6.31. The van der Waals surface area contributed by atoms with Crippen LogP contribution >= 0.6 is 61.1 Å². The molecule has 0 atom stereocenters. The number of nitrogens with one attached hydrogen (secondary N) is 1. The highest BCUT2D eigenvalue weighted by Gasteiger charge is 2.09. The summed E-state index contributed by atoms with van der Waals surface area (Å²) in [5, 5.41) is 4.08. The molecule has 0 heterocycles. The first-order chi connectivity index (χ1) is 13.9. The van der Waals surface area contributed by atoms with Crippen molar-refractivity contribution in [2.45, 2.75) is 13.5 Å². The number of amides is 1. The molecule has 0 fully saturated rings. The van der Waals surface area contributed by atoms with Gasteiger partial charge in [0.2, 0.25) is 0 Å². The SMILES string of the molecule is Cc1cccc(C(=O)NN=Cc2cc(I)c(OCc3ccc(Br)cc3)c(I)c2)c1. The third-order valence-electron chi connectivity index (χ3n) is 3.98. The van der Waals surface area contributed by atoms with E-state index in [-0.39, 0.29) is 5.91 Å². The Labute approximate surface area is 205 Å². The summed E-state index contributed by atoms with van der Waals surface area (Å²) in [6, 6.07) is 19.4. The van der Waals surface area contributed by atoms with Crippen molar-refractivity contribution in [3.63, 3.8) is 0 Å². The van der Waals surface area contributed by atoms with Gasteiger partial charge < -0.3 is 4.74 Å². The first-order valence-electron chi connectivity index (χ1n) is 8.69. The molecule has 0 aliphatic heterocycles. The fraction of sp³-hybridized carbons (Fsp3) is 0.0909. The van der Waals surface area contributed by atoms with Crippen LogP contribution in [0.3, 0.4) is 0 Å². The van der Waals surface area contributed by atoms with Gasteiger partial charge in [0.15, 0.2) is 0 Å². The van der Waals surface area contributed by atoms with Gasteiger partial charge in [0.1, 0.15) is 12.4 Å². The fourth-order valence-electron chi connectivity index (χ4n) is 2.54. The van der Waals surface area contributed by atoms with Crippen molar-refractivity contribution < 1.29 is 9.53 Å². The molecule has 148 valence electrons. The molecule has 0 aliphatic rings. The molecule has 29 heavy (non-hydrogen) atoms. The van der Waals surface area contributed by atoms with E-state index in [1.165, 1.54) is 0 Å². The van der Waals surface area contributed by atoms with Crippen molar-refractivity contribution >= 4 is 73.2 Å². The van der Waals surface area contributed by atoms with Gasteiger partial charge in [-0.1, -0.05) is 45.8 Å². The topological polar surface area (TPSA) is 50.7 Å². The van der Waals surface area contributed by atoms with Gasteiger partial charge in [-0.05, 0) is 99.6 Å². The van der Waals surface area contributed by atoms with Crippen molar-refractivity contribution in [1.82, 2.24) is 5.43 Å². The highest BCUT2D eigenvalue weighted by molar-refractivity contribution is 14.1. The summed E-state index contributed by atoms with van der Waals surface area (Å²) in [6.07, 6.45) is 1.64. The molecular weight excluding hydrogens is 658 g/mol. The quantitative estimate of drug-likeness (QED) is 0.189. The number of benzene rings is 3. The van der Waals surface area contributed by atoms with Crippen LogP contribution in [0.25, 0.3) is 0 Å². The highest BCUT2D eigenvalue weighted by atomic mass is 127. The summed E-state index contributed by atoms with van der Waals surface area (Å²) in [5.41, 5.74) is 6.18. The van der Waals surface area contributed by atoms with Gasteiger partial charge in [0.05, 0.1) is 13.4 Å². The monoisotopic (exact) mass is 674 g/mol. The van der Waals surface area contributed by atoms with Crippen LogP contribution in [0.5, 0.6) is 5.75 Å². The lowest BCUT2D eigenvalue weighted by Gasteiger charge is -2.11. The number of carbonyl (C=O) groups excluding carboxylic acids is 1. The van der Waals surface area contributed by atoms with Crippen molar-refractivity contribution in [1.29, 1.82) is 0 Å². The number of halogens is 3. The van der Waals surface area contributed by atoms with Gasteiger partial charge in [-0.25, -0.2) is 5.43 Å². The molecule has 3 aromatic carbocycles. The summed E-state index contributed by atoms with van der Waals surface area (Å²) in [4.78, 5) is 12.2. The summed E-state index contributed by atoms with van der Waals surface area (Å²) in [6.45, 7) is 2.45. The number of nitrogens with zero attached hydrogens (tertiary/aromatic N) is 1. The molecule has 1 N–H and O–H groups in total. The van der Waals surface area contributed by atoms with Crippen LogP contribution in [0, 0.1) is 14.1 Å². The van der Waals surface area contributed by atoms with E-state index >= 15 is 0 Å². The zero-order chi connectivity index (χ0) is 20.8. The second kappa shape index (κ2) is 10.5. The van der Waals surface area contributed by atoms with E-state index in [1.54, 1.807) is 12.3 Å². The Balaban J connectivity index is 1.64. The average Bonchev–Trinajstić information content (AvgIpc) is 2.68. The maximum absolute atomic E-state index is 12.2. The Kier molecular flexibility index (Phi) is 8.07. The molecular formula is C22H17BrI2N2O2. The standard InChI is InChI=1S/C22H17BrI2N2O2/c1-14-3-2-4-17(9-14)22(28)27-26-12-16-10-19(24)21(20(25)11-16)29-13-15-5-7-18(23)8-6-15/h2-12H,13H2,1H3,(H,27,28). The molecule has 3 aromatic rings. The molecule has 4 nitrogen and oxygen atoms in total. The van der Waals surface area contributed by atoms with Crippen LogP contribution in [0.4, 0.5) is 0 Å². The van der Waals surface area contributed by atoms with Crippen molar-refractivity contribution in [3.05, 3.63) is 94.5 Å². The second-order valence-corrected chi connectivity index (χ2v) is 9.54. The van der Waals surface area contributed by atoms with Gasteiger partial charge >= 0.3 is 0 Å². The van der Waals surface area contributed by atoms with Crippen LogP contribution < -0.4 is 10.2 Å². The molecule has 0 radical (unpaired) electrons. The Morgan fingerprint density at radius 3 is 2.45 bits per heavy atom. The zero-order valence-electron chi connectivity index (χ0n) is 15.5. The molecule has 0 aromatic heterocycles. The molecule has 3 rings (SSSR count). The first-order valence-corrected chi connectivity index (χ1v) is 11.6. The summed E-state index contributed by atoms with van der Waals surface area (Å²) < 4.78 is 9.03. The Hall–Kier alpha value is -1.46. The van der Waals surface area contributed by atoms with Crippen LogP contribution in [-0.2, 0) is 6.61 Å². The second-order valence-electron chi connectivity index (χ2n) is 6.30. The minimum atomic E-state index is -0.233. The normalized spacial score (nSPS) is 10.9. The average molecular weight is 675 g/mol. The van der Waals surface area contributed by atoms with E-state index in [4.69, 9.17) is 4.74 Å². The number of hydrazone groups is 1. The molecule has 0 unspecified atom stereocenters. The van der Waals surface area contributed by atoms with Crippen molar-refractivity contribution in [3.8, 4) is 5.75 Å². The predicted molar refractivity (Wildman–Crippen MR) is 137 cm³/mol. The van der Waals surface area contributed by atoms with Gasteiger partial charge in [-0.3, -0.25) is 4.79 Å². The van der Waals surface area contributed by atoms with Gasteiger partial charge in [0, 0.05) is 10.0 Å². The van der Waals surface area contributed by atoms with E-state index in [1.807, 2.05) is 61.5 Å². The van der Waals surface area contributed by atoms with Crippen molar-refractivity contribution in [2.75, 3.05) is 0 Å². The summed E-state index contributed by atoms with van der Waals surface area (Å²) in [5.74, 6) is 0.610. The van der Waals surface area contributed by atoms with E-state index in [0.29, 0.717) is 12.2 Å². The number of carbonyl (C=O) groups is 1. The van der Waals surface area contributed by atoms with E-state index in [9.17, 15) is 4.79 Å². The van der Waals surface area contributed by atoms with Gasteiger partial charge in [0.25, 0.3) is 5.91 Å². The number of aryl methyl sites for hydroxylation is 1. The molecule has 7 heteroatoms. The Bertz CT molecular complexity index is 1030. The number of hydrogen-bond acceptors (Lipinski definition) is 3. The lowest BCUT2D eigenvalue weighted by atomic mass is 10.1. The number of ether oxygens (including phenoxy) is 1. The minimum absolute atomic E-state index is 0.233. The van der Waals surface area contributed by atoms with Crippen LogP contribution in [-0.4, -0.2) is 12.1 Å². The molecule has 0 spiro atoms. The zero-order valence-corrected chi connectivity index (χ0v) is 21.4. The number of hydrogen-bond donors (Lipinski definition) is 1. The maximum atomic E-state index is 12.2. The number of rotatable bonds is 6. The largest absolute Gasteiger partial charge is 0.487 e. The smallest absolute Gasteiger partial charge is 0.271 e. The Morgan fingerprint density at radius 1 is 1.10 bits per heavy atom. The van der Waals surface area contributed by atoms with Crippen LogP contribution in [0.2, 0.25) is 0 Å². The fourth-order valence-corrected chi connectivity index (χ4v) is 4.94. The van der Waals surface area contributed by atoms with Crippen LogP contribution in [0.15, 0.2) is 70.2 Å². The van der Waals surface area contributed by atoms with Crippen LogP contribution in [0.1, 0.15) is 27.0 Å². The van der Waals surface area contributed by atoms with E-state index in [2.05, 4.69) is 71.6 Å². The first kappa shape index (κ1) is 22.2. The Morgan fingerprint density at radius 2 is 1.79 bits per heavy atom. The lowest BCUT2D eigenvalue weighted by Crippen LogP contribution is -2.17. The van der Waals surface area contributed by atoms with Crippen molar-refractivity contribution in [2.24, 2.45) is 5.10 Å². The minimum Gasteiger partial charge on any atom is -0.487 e. The third kappa shape index (κ3) is 6.51. The van der Waals surface area contributed by atoms with Gasteiger partial charge in [-0.15, -0.1) is 0 Å². The summed E-state index contributed by atoms with van der Waals surface area (Å²) >= 11 is 7.94. The molecule has 0 aliphatic carbocycles. The van der Waals surface area contributed by atoms with E-state index in [0.717, 1.165) is 34.1 Å². The van der Waals surface area contributed by atoms with Gasteiger partial charge in [-0.2, -0.15) is 5.10 Å². The third-order valence-corrected chi connectivity index (χ3v) is 6.11. The molecule has 0 saturated carbocycles. The molecule has 1 amide bonds.